The molecule has 1 aliphatic heterocycles. The minimum Gasteiger partial charge on any atom is -0.508 e. The minimum atomic E-state index is -0.664. The number of benzene rings is 2. The van der Waals surface area contributed by atoms with Gasteiger partial charge in [-0.3, -0.25) is 14.2 Å². The zero-order valence-corrected chi connectivity index (χ0v) is 20.4. The number of fused-ring (bicyclic) bond motifs is 1. The highest BCUT2D eigenvalue weighted by Gasteiger charge is 2.35. The van der Waals surface area contributed by atoms with E-state index in [0.717, 1.165) is 11.1 Å². The Morgan fingerprint density at radius 2 is 1.85 bits per heavy atom. The molecule has 2 aromatic carbocycles. The van der Waals surface area contributed by atoms with Crippen LogP contribution in [-0.4, -0.2) is 40.7 Å². The van der Waals surface area contributed by atoms with Crippen LogP contribution in [0.2, 0.25) is 0 Å². The molecule has 0 saturated heterocycles. The first-order chi connectivity index (χ1) is 16.4. The molecule has 1 N–H and O–H groups in total. The average Bonchev–Trinajstić information content (AvgIpc) is 3.14. The highest BCUT2D eigenvalue weighted by molar-refractivity contribution is 7.07. The molecule has 1 aliphatic rings. The fourth-order valence-corrected chi connectivity index (χ4v) is 5.23. The molecular formula is C26H27N3O4S. The third-order valence-corrected chi connectivity index (χ3v) is 6.91. The number of aromatic nitrogens is 1. The highest BCUT2D eigenvalue weighted by Crippen LogP contribution is 2.35. The van der Waals surface area contributed by atoms with Gasteiger partial charge in [-0.25, -0.2) is 4.99 Å². The van der Waals surface area contributed by atoms with Crippen LogP contribution in [0, 0.1) is 0 Å². The first-order valence-electron chi connectivity index (χ1n) is 11.1. The predicted octanol–water partition coefficient (Wildman–Crippen LogP) is 2.82. The summed E-state index contributed by atoms with van der Waals surface area (Å²) in [5, 5.41) is 9.57. The van der Waals surface area contributed by atoms with Gasteiger partial charge in [0.2, 0.25) is 0 Å². The molecule has 0 fully saturated rings. The van der Waals surface area contributed by atoms with Gasteiger partial charge in [-0.05, 0) is 50.6 Å². The number of amides is 1. The SMILES string of the molecule is CCN(CC)C(=O)C1=C(C)N=c2s/c(=C/c3ccc(O)cc3)c(=O)n2[C@H]1c1ccccc1OC. The summed E-state index contributed by atoms with van der Waals surface area (Å²) >= 11 is 1.28. The zero-order valence-electron chi connectivity index (χ0n) is 19.6. The number of methoxy groups -OCH3 is 1. The Bertz CT molecular complexity index is 1430. The lowest BCUT2D eigenvalue weighted by Gasteiger charge is -2.29. The molecule has 0 unspecified atom stereocenters. The zero-order chi connectivity index (χ0) is 24.4. The number of phenolic OH excluding ortho intramolecular Hbond substituents is 1. The number of carbonyl (C=O) groups is 1. The van der Waals surface area contributed by atoms with Crippen LogP contribution < -0.4 is 19.6 Å². The second-order valence-corrected chi connectivity index (χ2v) is 8.90. The molecule has 34 heavy (non-hydrogen) atoms. The van der Waals surface area contributed by atoms with Crippen molar-refractivity contribution in [2.75, 3.05) is 20.2 Å². The van der Waals surface area contributed by atoms with Crippen molar-refractivity contribution in [3.63, 3.8) is 0 Å². The Morgan fingerprint density at radius 1 is 1.18 bits per heavy atom. The van der Waals surface area contributed by atoms with Gasteiger partial charge >= 0.3 is 0 Å². The van der Waals surface area contributed by atoms with Gasteiger partial charge in [0.25, 0.3) is 11.5 Å². The van der Waals surface area contributed by atoms with Gasteiger partial charge in [0.05, 0.1) is 22.9 Å². The minimum absolute atomic E-state index is 0.144. The third-order valence-electron chi connectivity index (χ3n) is 5.93. The number of hydrogen-bond acceptors (Lipinski definition) is 6. The van der Waals surface area contributed by atoms with E-state index in [1.54, 1.807) is 46.9 Å². The van der Waals surface area contributed by atoms with E-state index >= 15 is 0 Å². The molecule has 0 radical (unpaired) electrons. The summed E-state index contributed by atoms with van der Waals surface area (Å²) in [5.74, 6) is 0.611. The second kappa shape index (κ2) is 9.69. The average molecular weight is 478 g/mol. The van der Waals surface area contributed by atoms with Crippen LogP contribution >= 0.6 is 11.3 Å². The van der Waals surface area contributed by atoms with E-state index in [1.165, 1.54) is 11.3 Å². The Morgan fingerprint density at radius 3 is 2.50 bits per heavy atom. The Kier molecular flexibility index (Phi) is 6.70. The van der Waals surface area contributed by atoms with Gasteiger partial charge in [-0.2, -0.15) is 0 Å². The Hall–Kier alpha value is -3.65. The molecule has 8 heteroatoms. The van der Waals surface area contributed by atoms with Crippen LogP contribution in [0.15, 0.2) is 69.6 Å². The third kappa shape index (κ3) is 4.17. The summed E-state index contributed by atoms with van der Waals surface area (Å²) in [7, 11) is 1.58. The van der Waals surface area contributed by atoms with E-state index in [9.17, 15) is 14.7 Å². The first-order valence-corrected chi connectivity index (χ1v) is 11.9. The number of para-hydroxylation sites is 1. The molecule has 0 saturated carbocycles. The number of phenols is 1. The van der Waals surface area contributed by atoms with Crippen LogP contribution in [0.1, 0.15) is 37.9 Å². The van der Waals surface area contributed by atoms with Gasteiger partial charge in [0.1, 0.15) is 17.5 Å². The fourth-order valence-electron chi connectivity index (χ4n) is 4.18. The van der Waals surface area contributed by atoms with Crippen molar-refractivity contribution in [2.24, 2.45) is 4.99 Å². The van der Waals surface area contributed by atoms with E-state index in [1.807, 2.05) is 45.0 Å². The van der Waals surface area contributed by atoms with Gasteiger partial charge in [0, 0.05) is 18.7 Å². The summed E-state index contributed by atoms with van der Waals surface area (Å²) in [4.78, 5) is 34.3. The van der Waals surface area contributed by atoms with Crippen molar-refractivity contribution in [2.45, 2.75) is 26.8 Å². The lowest BCUT2D eigenvalue weighted by Crippen LogP contribution is -2.43. The number of allylic oxidation sites excluding steroid dienone is 1. The van der Waals surface area contributed by atoms with Crippen LogP contribution in [0.5, 0.6) is 11.5 Å². The quantitative estimate of drug-likeness (QED) is 0.592. The monoisotopic (exact) mass is 477 g/mol. The number of hydrogen-bond donors (Lipinski definition) is 1. The van der Waals surface area contributed by atoms with E-state index in [-0.39, 0.29) is 17.2 Å². The number of aromatic hydroxyl groups is 1. The number of rotatable bonds is 6. The second-order valence-electron chi connectivity index (χ2n) is 7.89. The van der Waals surface area contributed by atoms with Crippen LogP contribution in [-0.2, 0) is 4.79 Å². The van der Waals surface area contributed by atoms with Gasteiger partial charge in [-0.1, -0.05) is 41.7 Å². The van der Waals surface area contributed by atoms with Gasteiger partial charge < -0.3 is 14.7 Å². The molecule has 0 aliphatic carbocycles. The van der Waals surface area contributed by atoms with Crippen LogP contribution in [0.4, 0.5) is 0 Å². The summed E-state index contributed by atoms with van der Waals surface area (Å²) in [6.07, 6.45) is 1.77. The molecule has 2 heterocycles. The molecule has 0 bridgehead atoms. The van der Waals surface area contributed by atoms with Crippen LogP contribution in [0.3, 0.4) is 0 Å². The maximum absolute atomic E-state index is 13.7. The molecule has 176 valence electrons. The molecule has 0 spiro atoms. The number of thiazole rings is 1. The molecule has 1 amide bonds. The van der Waals surface area contributed by atoms with E-state index in [2.05, 4.69) is 4.99 Å². The molecule has 3 aromatic rings. The summed E-state index contributed by atoms with van der Waals surface area (Å²) < 4.78 is 7.71. The van der Waals surface area contributed by atoms with Gasteiger partial charge in [0.15, 0.2) is 4.80 Å². The summed E-state index contributed by atoms with van der Waals surface area (Å²) in [6, 6.07) is 13.4. The smallest absolute Gasteiger partial charge is 0.271 e. The number of nitrogens with zero attached hydrogens (tertiary/aromatic N) is 3. The standard InChI is InChI=1S/C26H27N3O4S/c1-5-28(6-2)25(32)22-16(3)27-26-29(23(22)19-9-7-8-10-20(19)33-4)24(31)21(34-26)15-17-11-13-18(30)14-12-17/h7-15,23,30H,5-6H2,1-4H3/b21-15+/t23-/m0/s1. The lowest BCUT2D eigenvalue weighted by atomic mass is 9.94. The highest BCUT2D eigenvalue weighted by atomic mass is 32.1. The van der Waals surface area contributed by atoms with Crippen molar-refractivity contribution in [3.8, 4) is 11.5 Å². The molecule has 7 nitrogen and oxygen atoms in total. The Balaban J connectivity index is 1.99. The van der Waals surface area contributed by atoms with Crippen molar-refractivity contribution in [3.05, 3.63) is 90.6 Å². The van der Waals surface area contributed by atoms with Crippen LogP contribution in [0.25, 0.3) is 6.08 Å². The maximum Gasteiger partial charge on any atom is 0.271 e. The van der Waals surface area contributed by atoms with E-state index in [0.29, 0.717) is 39.4 Å². The van der Waals surface area contributed by atoms with Crippen molar-refractivity contribution < 1.29 is 14.6 Å². The maximum atomic E-state index is 13.7. The molecule has 4 rings (SSSR count). The van der Waals surface area contributed by atoms with E-state index < -0.39 is 6.04 Å². The van der Waals surface area contributed by atoms with Gasteiger partial charge in [-0.15, -0.1) is 0 Å². The summed E-state index contributed by atoms with van der Waals surface area (Å²) in [5.41, 5.74) is 2.34. The molecular weight excluding hydrogens is 450 g/mol. The largest absolute Gasteiger partial charge is 0.508 e. The number of ether oxygens (including phenoxy) is 1. The van der Waals surface area contributed by atoms with E-state index in [4.69, 9.17) is 4.74 Å². The van der Waals surface area contributed by atoms with Crippen molar-refractivity contribution >= 4 is 23.3 Å². The molecule has 1 aromatic heterocycles. The number of carbonyl (C=O) groups excluding carboxylic acids is 1. The first kappa shape index (κ1) is 23.5. The number of likely N-dealkylation sites (N-methyl/N-ethyl adjacent to an activating group) is 1. The Labute approximate surface area is 201 Å². The van der Waals surface area contributed by atoms with Crippen molar-refractivity contribution in [1.29, 1.82) is 0 Å². The molecule has 1 atom stereocenters. The summed E-state index contributed by atoms with van der Waals surface area (Å²) in [6.45, 7) is 6.78. The van der Waals surface area contributed by atoms with Crippen molar-refractivity contribution in [1.82, 2.24) is 9.47 Å². The fraction of sp³-hybridized carbons (Fsp3) is 0.269. The normalized spacial score (nSPS) is 15.6. The predicted molar refractivity (Wildman–Crippen MR) is 133 cm³/mol. The lowest BCUT2D eigenvalue weighted by molar-refractivity contribution is -0.127. The topological polar surface area (TPSA) is 84.1 Å².